The van der Waals surface area contributed by atoms with Crippen molar-refractivity contribution < 1.29 is 13.5 Å². The van der Waals surface area contributed by atoms with Gasteiger partial charge in [-0.25, -0.2) is 8.42 Å². The quantitative estimate of drug-likeness (QED) is 0.876. The highest BCUT2D eigenvalue weighted by atomic mass is 32.2. The largest absolute Gasteiger partial charge is 0.388 e. The Morgan fingerprint density at radius 1 is 1.47 bits per heavy atom. The van der Waals surface area contributed by atoms with Crippen LogP contribution in [-0.2, 0) is 22.0 Å². The molecule has 0 amide bonds. The van der Waals surface area contributed by atoms with E-state index in [2.05, 4.69) is 6.07 Å². The number of aryl methyl sites for hydroxylation is 1. The molecule has 1 aliphatic heterocycles. The zero-order valence-corrected chi connectivity index (χ0v) is 13.5. The number of aliphatic hydroxyl groups excluding tert-OH is 1. The first kappa shape index (κ1) is 15.4. The zero-order valence-electron chi connectivity index (χ0n) is 11.1. The Kier molecular flexibility index (Phi) is 5.34. The molecule has 0 aromatic carbocycles. The van der Waals surface area contributed by atoms with Crippen molar-refractivity contribution in [3.8, 4) is 0 Å². The maximum Gasteiger partial charge on any atom is 0.150 e. The van der Waals surface area contributed by atoms with E-state index in [-0.39, 0.29) is 11.5 Å². The van der Waals surface area contributed by atoms with Crippen molar-refractivity contribution in [3.05, 3.63) is 21.4 Å². The number of rotatable bonds is 6. The Bertz CT molecular complexity index is 496. The third-order valence-electron chi connectivity index (χ3n) is 3.35. The van der Waals surface area contributed by atoms with Gasteiger partial charge in [-0.05, 0) is 36.6 Å². The lowest BCUT2D eigenvalue weighted by Crippen LogP contribution is -2.09. The summed E-state index contributed by atoms with van der Waals surface area (Å²) in [5.74, 6) is 2.58. The summed E-state index contributed by atoms with van der Waals surface area (Å²) in [6, 6.07) is 2.10. The smallest absolute Gasteiger partial charge is 0.150 e. The van der Waals surface area contributed by atoms with Crippen molar-refractivity contribution in [1.29, 1.82) is 0 Å². The lowest BCUT2D eigenvalue weighted by atomic mass is 10.1. The molecule has 1 aromatic rings. The Hall–Kier alpha value is -0.0400. The van der Waals surface area contributed by atoms with Gasteiger partial charge in [-0.15, -0.1) is 11.3 Å². The molecule has 0 saturated carbocycles. The maximum absolute atomic E-state index is 11.4. The molecule has 19 heavy (non-hydrogen) atoms. The summed E-state index contributed by atoms with van der Waals surface area (Å²) in [6.07, 6.45) is 1.66. The van der Waals surface area contributed by atoms with Gasteiger partial charge in [0, 0.05) is 21.3 Å². The first-order valence-corrected chi connectivity index (χ1v) is 10.4. The lowest BCUT2D eigenvalue weighted by molar-refractivity contribution is 0.170. The SMILES string of the molecule is CCS(=O)(=O)CCCC(O)c1cc2c(s1)CCSC2. The fourth-order valence-electron chi connectivity index (χ4n) is 2.12. The number of fused-ring (bicyclic) bond motifs is 1. The Labute approximate surface area is 123 Å². The van der Waals surface area contributed by atoms with Crippen molar-refractivity contribution in [1.82, 2.24) is 0 Å². The van der Waals surface area contributed by atoms with Crippen LogP contribution in [0, 0.1) is 0 Å². The minimum Gasteiger partial charge on any atom is -0.388 e. The van der Waals surface area contributed by atoms with Gasteiger partial charge in [-0.3, -0.25) is 0 Å². The second kappa shape index (κ2) is 6.61. The van der Waals surface area contributed by atoms with Gasteiger partial charge in [0.15, 0.2) is 0 Å². The van der Waals surface area contributed by atoms with Crippen LogP contribution >= 0.6 is 23.1 Å². The summed E-state index contributed by atoms with van der Waals surface area (Å²) in [7, 11) is -2.91. The molecule has 1 atom stereocenters. The second-order valence-electron chi connectivity index (χ2n) is 4.79. The van der Waals surface area contributed by atoms with Gasteiger partial charge in [0.05, 0.1) is 11.9 Å². The average molecular weight is 321 g/mol. The first-order valence-electron chi connectivity index (χ1n) is 6.59. The van der Waals surface area contributed by atoms with Crippen LogP contribution in [0.4, 0.5) is 0 Å². The Morgan fingerprint density at radius 3 is 2.95 bits per heavy atom. The Morgan fingerprint density at radius 2 is 2.26 bits per heavy atom. The lowest BCUT2D eigenvalue weighted by Gasteiger charge is -2.08. The maximum atomic E-state index is 11.4. The van der Waals surface area contributed by atoms with Crippen LogP contribution in [0.3, 0.4) is 0 Å². The highest BCUT2D eigenvalue weighted by Gasteiger charge is 2.18. The molecule has 0 fully saturated rings. The van der Waals surface area contributed by atoms with E-state index in [1.807, 2.05) is 11.8 Å². The molecule has 2 rings (SSSR count). The van der Waals surface area contributed by atoms with Gasteiger partial charge in [-0.2, -0.15) is 11.8 Å². The number of aliphatic hydroxyl groups is 1. The van der Waals surface area contributed by atoms with Crippen LogP contribution in [0.5, 0.6) is 0 Å². The topological polar surface area (TPSA) is 54.4 Å². The average Bonchev–Trinajstić information content (AvgIpc) is 2.82. The summed E-state index contributed by atoms with van der Waals surface area (Å²) >= 11 is 3.63. The molecule has 0 spiro atoms. The van der Waals surface area contributed by atoms with E-state index in [0.29, 0.717) is 12.8 Å². The van der Waals surface area contributed by atoms with Crippen molar-refractivity contribution in [2.75, 3.05) is 17.3 Å². The minimum absolute atomic E-state index is 0.182. The van der Waals surface area contributed by atoms with Crippen molar-refractivity contribution in [2.45, 2.75) is 38.0 Å². The third kappa shape index (κ3) is 4.21. The van der Waals surface area contributed by atoms with E-state index in [4.69, 9.17) is 0 Å². The molecule has 1 aliphatic rings. The molecule has 0 aliphatic carbocycles. The minimum atomic E-state index is -2.91. The molecule has 6 heteroatoms. The van der Waals surface area contributed by atoms with Crippen LogP contribution in [0.2, 0.25) is 0 Å². The molecule has 1 N–H and O–H groups in total. The fraction of sp³-hybridized carbons (Fsp3) is 0.692. The number of hydrogen-bond acceptors (Lipinski definition) is 5. The number of thiophene rings is 1. The standard InChI is InChI=1S/C13H20O3S3/c1-2-19(15,16)7-3-4-11(14)13-8-10-9-17-6-5-12(10)18-13/h8,11,14H,2-7,9H2,1H3. The van der Waals surface area contributed by atoms with Crippen LogP contribution in [-0.4, -0.2) is 30.8 Å². The van der Waals surface area contributed by atoms with Crippen LogP contribution in [0.1, 0.15) is 41.2 Å². The van der Waals surface area contributed by atoms with E-state index < -0.39 is 15.9 Å². The monoisotopic (exact) mass is 320 g/mol. The van der Waals surface area contributed by atoms with Crippen LogP contribution in [0.25, 0.3) is 0 Å². The van der Waals surface area contributed by atoms with E-state index in [0.717, 1.165) is 22.8 Å². The molecule has 2 heterocycles. The Balaban J connectivity index is 1.89. The summed E-state index contributed by atoms with van der Waals surface area (Å²) in [5, 5.41) is 10.1. The summed E-state index contributed by atoms with van der Waals surface area (Å²) in [5.41, 5.74) is 1.36. The van der Waals surface area contributed by atoms with Crippen molar-refractivity contribution in [2.24, 2.45) is 0 Å². The van der Waals surface area contributed by atoms with E-state index in [1.165, 1.54) is 10.4 Å². The van der Waals surface area contributed by atoms with E-state index in [1.54, 1.807) is 18.3 Å². The van der Waals surface area contributed by atoms with Gasteiger partial charge in [-0.1, -0.05) is 6.92 Å². The van der Waals surface area contributed by atoms with E-state index in [9.17, 15) is 13.5 Å². The molecule has 108 valence electrons. The molecule has 0 radical (unpaired) electrons. The molecule has 1 unspecified atom stereocenters. The normalized spacial score (nSPS) is 17.2. The zero-order chi connectivity index (χ0) is 13.9. The van der Waals surface area contributed by atoms with E-state index >= 15 is 0 Å². The molecular weight excluding hydrogens is 300 g/mol. The molecule has 0 bridgehead atoms. The summed E-state index contributed by atoms with van der Waals surface area (Å²) in [6.45, 7) is 1.66. The predicted octanol–water partition coefficient (Wildman–Crippen LogP) is 2.79. The van der Waals surface area contributed by atoms with Crippen molar-refractivity contribution >= 4 is 32.9 Å². The van der Waals surface area contributed by atoms with Crippen LogP contribution in [0.15, 0.2) is 6.07 Å². The summed E-state index contributed by atoms with van der Waals surface area (Å²) < 4.78 is 22.8. The number of hydrogen-bond donors (Lipinski definition) is 1. The highest BCUT2D eigenvalue weighted by Crippen LogP contribution is 2.35. The van der Waals surface area contributed by atoms with Crippen LogP contribution < -0.4 is 0 Å². The third-order valence-corrected chi connectivity index (χ3v) is 7.48. The van der Waals surface area contributed by atoms with Gasteiger partial charge in [0.2, 0.25) is 0 Å². The predicted molar refractivity (Wildman–Crippen MR) is 82.7 cm³/mol. The fourth-order valence-corrected chi connectivity index (χ4v) is 5.41. The van der Waals surface area contributed by atoms with Gasteiger partial charge >= 0.3 is 0 Å². The summed E-state index contributed by atoms with van der Waals surface area (Å²) in [4.78, 5) is 2.40. The van der Waals surface area contributed by atoms with Crippen molar-refractivity contribution in [3.63, 3.8) is 0 Å². The molecule has 1 aromatic heterocycles. The highest BCUT2D eigenvalue weighted by molar-refractivity contribution is 7.98. The van der Waals surface area contributed by atoms with Gasteiger partial charge in [0.25, 0.3) is 0 Å². The van der Waals surface area contributed by atoms with Gasteiger partial charge < -0.3 is 5.11 Å². The number of thioether (sulfide) groups is 1. The molecule has 0 saturated heterocycles. The number of sulfone groups is 1. The second-order valence-corrected chi connectivity index (χ2v) is 9.54. The van der Waals surface area contributed by atoms with Gasteiger partial charge in [0.1, 0.15) is 9.84 Å². The first-order chi connectivity index (χ1) is 9.02. The molecule has 3 nitrogen and oxygen atoms in total. The molecular formula is C13H20O3S3.